The Morgan fingerprint density at radius 1 is 0.880 bits per heavy atom. The number of amides is 1. The number of nitrogens with zero attached hydrogens (tertiary/aromatic N) is 1. The zero-order valence-corrected chi connectivity index (χ0v) is 12.9. The summed E-state index contributed by atoms with van der Waals surface area (Å²) in [6, 6.07) is 8.83. The van der Waals surface area contributed by atoms with Gasteiger partial charge in [-0.05, 0) is 0 Å². The molecule has 2 aromatic carbocycles. The number of benzene rings is 2. The summed E-state index contributed by atoms with van der Waals surface area (Å²) in [6.07, 6.45) is 0. The van der Waals surface area contributed by atoms with Gasteiger partial charge < -0.3 is 0 Å². The molecular formula is C16H7F5N2OS. The Kier molecular flexibility index (Phi) is 4.49. The molecule has 1 amide bonds. The topological polar surface area (TPSA) is 42.0 Å². The summed E-state index contributed by atoms with van der Waals surface area (Å²) in [6.45, 7) is 0. The Morgan fingerprint density at radius 2 is 1.44 bits per heavy atom. The highest BCUT2D eigenvalue weighted by Gasteiger charge is 2.30. The van der Waals surface area contributed by atoms with Crippen LogP contribution < -0.4 is 5.32 Å². The number of rotatable bonds is 3. The fourth-order valence-corrected chi connectivity index (χ4v) is 2.75. The van der Waals surface area contributed by atoms with Gasteiger partial charge in [0.15, 0.2) is 28.4 Å². The van der Waals surface area contributed by atoms with Crippen LogP contribution in [0, 0.1) is 29.1 Å². The monoisotopic (exact) mass is 370 g/mol. The molecule has 0 saturated carbocycles. The first kappa shape index (κ1) is 17.0. The van der Waals surface area contributed by atoms with Crippen LogP contribution in [0.4, 0.5) is 27.1 Å². The lowest BCUT2D eigenvalue weighted by atomic mass is 10.1. The minimum atomic E-state index is -2.33. The Balaban J connectivity index is 1.91. The highest BCUT2D eigenvalue weighted by atomic mass is 32.1. The highest BCUT2D eigenvalue weighted by molar-refractivity contribution is 7.14. The van der Waals surface area contributed by atoms with Gasteiger partial charge in [-0.1, -0.05) is 30.3 Å². The molecule has 1 aromatic heterocycles. The van der Waals surface area contributed by atoms with Crippen molar-refractivity contribution in [3.8, 4) is 11.3 Å². The van der Waals surface area contributed by atoms with Crippen LogP contribution in [0.3, 0.4) is 0 Å². The van der Waals surface area contributed by atoms with E-state index in [1.54, 1.807) is 35.7 Å². The molecule has 0 aliphatic carbocycles. The molecule has 0 radical (unpaired) electrons. The number of anilines is 1. The third-order valence-corrected chi connectivity index (χ3v) is 3.99. The number of thiazole rings is 1. The predicted octanol–water partition coefficient (Wildman–Crippen LogP) is 4.76. The van der Waals surface area contributed by atoms with Gasteiger partial charge in [-0.3, -0.25) is 10.1 Å². The predicted molar refractivity (Wildman–Crippen MR) is 81.7 cm³/mol. The molecule has 9 heteroatoms. The van der Waals surface area contributed by atoms with Crippen molar-refractivity contribution in [1.82, 2.24) is 4.98 Å². The molecule has 1 heterocycles. The molecule has 0 aliphatic rings. The fraction of sp³-hybridized carbons (Fsp3) is 0. The standard InChI is InChI=1S/C16H7F5N2OS/c17-10-9(11(18)13(20)14(21)12(10)19)15(24)23-16-22-8(6-25-16)7-4-2-1-3-5-7/h1-6H,(H,22,23,24). The first-order valence-electron chi connectivity index (χ1n) is 6.74. The van der Waals surface area contributed by atoms with E-state index >= 15 is 0 Å². The van der Waals surface area contributed by atoms with Gasteiger partial charge in [0.1, 0.15) is 5.56 Å². The van der Waals surface area contributed by atoms with Gasteiger partial charge in [0.25, 0.3) is 5.91 Å². The number of hydrogen-bond donors (Lipinski definition) is 1. The third kappa shape index (κ3) is 3.10. The SMILES string of the molecule is O=C(Nc1nc(-c2ccccc2)cs1)c1c(F)c(F)c(F)c(F)c1F. The maximum Gasteiger partial charge on any atom is 0.263 e. The molecular weight excluding hydrogens is 363 g/mol. The summed E-state index contributed by atoms with van der Waals surface area (Å²) in [5, 5.41) is 3.56. The Hall–Kier alpha value is -2.81. The van der Waals surface area contributed by atoms with E-state index in [-0.39, 0.29) is 5.13 Å². The van der Waals surface area contributed by atoms with E-state index in [0.29, 0.717) is 5.69 Å². The van der Waals surface area contributed by atoms with Crippen LogP contribution in [0.5, 0.6) is 0 Å². The molecule has 0 fully saturated rings. The summed E-state index contributed by atoms with van der Waals surface area (Å²) in [5.41, 5.74) is -0.346. The smallest absolute Gasteiger partial charge is 0.263 e. The average Bonchev–Trinajstić information content (AvgIpc) is 3.07. The van der Waals surface area contributed by atoms with Crippen LogP contribution in [0.2, 0.25) is 0 Å². The van der Waals surface area contributed by atoms with Crippen LogP contribution in [0.1, 0.15) is 10.4 Å². The lowest BCUT2D eigenvalue weighted by molar-refractivity contribution is 0.101. The lowest BCUT2D eigenvalue weighted by Gasteiger charge is -2.07. The van der Waals surface area contributed by atoms with E-state index in [9.17, 15) is 26.7 Å². The van der Waals surface area contributed by atoms with Gasteiger partial charge in [0.05, 0.1) is 5.69 Å². The fourth-order valence-electron chi connectivity index (χ4n) is 2.04. The number of carbonyl (C=O) groups is 1. The van der Waals surface area contributed by atoms with Gasteiger partial charge in [-0.15, -0.1) is 11.3 Å². The van der Waals surface area contributed by atoms with E-state index in [1.807, 2.05) is 5.32 Å². The average molecular weight is 370 g/mol. The molecule has 0 atom stereocenters. The molecule has 0 aliphatic heterocycles. The highest BCUT2D eigenvalue weighted by Crippen LogP contribution is 2.27. The van der Waals surface area contributed by atoms with E-state index in [0.717, 1.165) is 16.9 Å². The van der Waals surface area contributed by atoms with E-state index in [2.05, 4.69) is 4.98 Å². The number of carbonyl (C=O) groups excluding carboxylic acids is 1. The number of nitrogens with one attached hydrogen (secondary N) is 1. The van der Waals surface area contributed by atoms with Gasteiger partial charge in [0.2, 0.25) is 5.82 Å². The van der Waals surface area contributed by atoms with Gasteiger partial charge >= 0.3 is 0 Å². The summed E-state index contributed by atoms with van der Waals surface area (Å²) >= 11 is 0.941. The third-order valence-electron chi connectivity index (χ3n) is 3.23. The normalized spacial score (nSPS) is 10.8. The molecule has 3 nitrogen and oxygen atoms in total. The van der Waals surface area contributed by atoms with E-state index in [4.69, 9.17) is 0 Å². The summed E-state index contributed by atoms with van der Waals surface area (Å²) < 4.78 is 66.6. The first-order chi connectivity index (χ1) is 11.9. The second-order valence-corrected chi connectivity index (χ2v) is 5.66. The summed E-state index contributed by atoms with van der Waals surface area (Å²) in [5.74, 6) is -12.6. The zero-order chi connectivity index (χ0) is 18.1. The zero-order valence-electron chi connectivity index (χ0n) is 12.1. The van der Waals surface area contributed by atoms with Crippen molar-refractivity contribution in [3.05, 3.63) is 70.4 Å². The molecule has 1 N–H and O–H groups in total. The second kappa shape index (κ2) is 6.60. The van der Waals surface area contributed by atoms with E-state index < -0.39 is 40.6 Å². The largest absolute Gasteiger partial charge is 0.298 e. The van der Waals surface area contributed by atoms with Crippen molar-refractivity contribution in [3.63, 3.8) is 0 Å². The summed E-state index contributed by atoms with van der Waals surface area (Å²) in [4.78, 5) is 16.0. The van der Waals surface area contributed by atoms with Crippen LogP contribution in [-0.2, 0) is 0 Å². The number of aromatic nitrogens is 1. The molecule has 0 unspecified atom stereocenters. The molecule has 0 saturated heterocycles. The Labute approximate surface area is 141 Å². The van der Waals surface area contributed by atoms with E-state index in [1.165, 1.54) is 0 Å². The van der Waals surface area contributed by atoms with Gasteiger partial charge in [-0.25, -0.2) is 26.9 Å². The minimum absolute atomic E-state index is 0.0483. The van der Waals surface area contributed by atoms with Gasteiger partial charge in [0, 0.05) is 10.9 Å². The van der Waals surface area contributed by atoms with Crippen LogP contribution in [0.15, 0.2) is 35.7 Å². The molecule has 128 valence electrons. The van der Waals surface area contributed by atoms with Crippen molar-refractivity contribution in [2.24, 2.45) is 0 Å². The second-order valence-electron chi connectivity index (χ2n) is 4.80. The molecule has 25 heavy (non-hydrogen) atoms. The Bertz CT molecular complexity index is 930. The van der Waals surface area contributed by atoms with Crippen LogP contribution in [-0.4, -0.2) is 10.9 Å². The number of halogens is 5. The van der Waals surface area contributed by atoms with Crippen molar-refractivity contribution in [1.29, 1.82) is 0 Å². The molecule has 3 rings (SSSR count). The molecule has 0 spiro atoms. The van der Waals surface area contributed by atoms with Crippen molar-refractivity contribution >= 4 is 22.4 Å². The van der Waals surface area contributed by atoms with Gasteiger partial charge in [-0.2, -0.15) is 0 Å². The quantitative estimate of drug-likeness (QED) is 0.410. The van der Waals surface area contributed by atoms with Crippen LogP contribution >= 0.6 is 11.3 Å². The molecule has 0 bridgehead atoms. The number of hydrogen-bond acceptors (Lipinski definition) is 3. The Morgan fingerprint density at radius 3 is 2.04 bits per heavy atom. The van der Waals surface area contributed by atoms with Crippen molar-refractivity contribution in [2.75, 3.05) is 5.32 Å². The van der Waals surface area contributed by atoms with Crippen molar-refractivity contribution < 1.29 is 26.7 Å². The maximum atomic E-state index is 13.6. The minimum Gasteiger partial charge on any atom is -0.298 e. The molecule has 3 aromatic rings. The maximum absolute atomic E-state index is 13.6. The van der Waals surface area contributed by atoms with Crippen LogP contribution in [0.25, 0.3) is 11.3 Å². The summed E-state index contributed by atoms with van der Waals surface area (Å²) in [7, 11) is 0. The van der Waals surface area contributed by atoms with Crippen molar-refractivity contribution in [2.45, 2.75) is 0 Å². The lowest BCUT2D eigenvalue weighted by Crippen LogP contribution is -2.19. The first-order valence-corrected chi connectivity index (χ1v) is 7.62.